The number of carbonyl (C=O) groups excluding carboxylic acids is 1. The first-order valence-electron chi connectivity index (χ1n) is 7.10. The van der Waals surface area contributed by atoms with Gasteiger partial charge in [-0.1, -0.05) is 12.1 Å². The first-order valence-corrected chi connectivity index (χ1v) is 7.10. The molecule has 1 N–H and O–H groups in total. The normalized spacial score (nSPS) is 12.1. The van der Waals surface area contributed by atoms with E-state index in [1.54, 1.807) is 17.9 Å². The van der Waals surface area contributed by atoms with E-state index in [9.17, 15) is 9.90 Å². The number of rotatable bonds is 7. The lowest BCUT2D eigenvalue weighted by molar-refractivity contribution is -0.130. The first kappa shape index (κ1) is 16.2. The molecule has 2 rings (SSSR count). The third-order valence-electron chi connectivity index (χ3n) is 3.33. The van der Waals surface area contributed by atoms with Crippen LogP contribution in [0.25, 0.3) is 5.69 Å². The molecule has 0 saturated carbocycles. The summed E-state index contributed by atoms with van der Waals surface area (Å²) in [5.74, 6) is -0.0398. The van der Waals surface area contributed by atoms with Crippen LogP contribution in [-0.4, -0.2) is 59.1 Å². The summed E-state index contributed by atoms with van der Waals surface area (Å²) in [6, 6.07) is 9.53. The maximum atomic E-state index is 12.1. The Morgan fingerprint density at radius 1 is 1.41 bits per heavy atom. The van der Waals surface area contributed by atoms with Gasteiger partial charge in [-0.15, -0.1) is 0 Å². The maximum absolute atomic E-state index is 12.1. The van der Waals surface area contributed by atoms with E-state index in [4.69, 9.17) is 4.74 Å². The van der Waals surface area contributed by atoms with E-state index in [0.717, 1.165) is 11.3 Å². The van der Waals surface area contributed by atoms with Gasteiger partial charge in [0.05, 0.1) is 24.8 Å². The quantitative estimate of drug-likeness (QED) is 0.824. The lowest BCUT2D eigenvalue weighted by atomic mass is 10.1. The summed E-state index contributed by atoms with van der Waals surface area (Å²) >= 11 is 0. The number of amides is 1. The highest BCUT2D eigenvalue weighted by Crippen LogP contribution is 2.10. The Labute approximate surface area is 129 Å². The van der Waals surface area contributed by atoms with E-state index >= 15 is 0 Å². The van der Waals surface area contributed by atoms with E-state index in [1.165, 1.54) is 12.0 Å². The number of aliphatic hydroxyl groups is 1. The number of nitrogens with zero attached hydrogens (tertiary/aromatic N) is 3. The Bertz CT molecular complexity index is 581. The van der Waals surface area contributed by atoms with Crippen LogP contribution in [0, 0.1) is 0 Å². The van der Waals surface area contributed by atoms with Crippen molar-refractivity contribution >= 4 is 5.91 Å². The molecule has 0 aliphatic rings. The van der Waals surface area contributed by atoms with Gasteiger partial charge in [-0.05, 0) is 23.8 Å². The van der Waals surface area contributed by atoms with Crippen molar-refractivity contribution in [1.29, 1.82) is 0 Å². The van der Waals surface area contributed by atoms with Gasteiger partial charge in [-0.25, -0.2) is 4.68 Å². The van der Waals surface area contributed by atoms with Crippen molar-refractivity contribution < 1.29 is 14.6 Å². The molecule has 1 aromatic heterocycles. The van der Waals surface area contributed by atoms with Gasteiger partial charge in [-0.2, -0.15) is 5.10 Å². The molecule has 118 valence electrons. The molecule has 22 heavy (non-hydrogen) atoms. The number of benzene rings is 1. The number of carbonyl (C=O) groups is 1. The Balaban J connectivity index is 1.91. The number of aromatic nitrogens is 2. The summed E-state index contributed by atoms with van der Waals surface area (Å²) in [6.07, 6.45) is 3.22. The van der Waals surface area contributed by atoms with Gasteiger partial charge < -0.3 is 14.7 Å². The molecule has 0 radical (unpaired) electrons. The van der Waals surface area contributed by atoms with Gasteiger partial charge in [0.1, 0.15) is 0 Å². The molecule has 6 nitrogen and oxygen atoms in total. The van der Waals surface area contributed by atoms with Crippen molar-refractivity contribution in [3.05, 3.63) is 48.3 Å². The molecule has 0 aliphatic carbocycles. The van der Waals surface area contributed by atoms with E-state index in [1.807, 2.05) is 36.5 Å². The lowest BCUT2D eigenvalue weighted by Crippen LogP contribution is -2.37. The minimum Gasteiger partial charge on any atom is -0.389 e. The topological polar surface area (TPSA) is 67.6 Å². The lowest BCUT2D eigenvalue weighted by Gasteiger charge is -2.20. The second kappa shape index (κ2) is 7.72. The summed E-state index contributed by atoms with van der Waals surface area (Å²) in [5.41, 5.74) is 1.87. The van der Waals surface area contributed by atoms with Crippen molar-refractivity contribution in [2.24, 2.45) is 0 Å². The van der Waals surface area contributed by atoms with E-state index in [0.29, 0.717) is 6.42 Å². The third-order valence-corrected chi connectivity index (χ3v) is 3.33. The largest absolute Gasteiger partial charge is 0.389 e. The first-order chi connectivity index (χ1) is 10.6. The predicted octanol–water partition coefficient (Wildman–Crippen LogP) is 0.880. The molecule has 1 heterocycles. The summed E-state index contributed by atoms with van der Waals surface area (Å²) < 4.78 is 6.62. The molecule has 1 aromatic carbocycles. The van der Waals surface area contributed by atoms with E-state index < -0.39 is 6.10 Å². The standard InChI is InChI=1S/C16H21N3O3/c1-18(11-15(20)12-22-2)16(21)10-13-4-6-14(7-5-13)19-9-3-8-17-19/h3-9,15,20H,10-12H2,1-2H3. The van der Waals surface area contributed by atoms with Gasteiger partial charge in [0.2, 0.25) is 5.91 Å². The highest BCUT2D eigenvalue weighted by molar-refractivity contribution is 5.78. The molecule has 0 saturated heterocycles. The molecule has 0 aliphatic heterocycles. The molecule has 1 amide bonds. The smallest absolute Gasteiger partial charge is 0.226 e. The van der Waals surface area contributed by atoms with Crippen molar-refractivity contribution in [2.45, 2.75) is 12.5 Å². The molecular weight excluding hydrogens is 282 g/mol. The van der Waals surface area contributed by atoms with E-state index in [2.05, 4.69) is 5.10 Å². The molecular formula is C16H21N3O3. The van der Waals surface area contributed by atoms with Crippen LogP contribution in [0.5, 0.6) is 0 Å². The fourth-order valence-corrected chi connectivity index (χ4v) is 2.16. The van der Waals surface area contributed by atoms with Crippen LogP contribution in [0.15, 0.2) is 42.7 Å². The van der Waals surface area contributed by atoms with Gasteiger partial charge in [0.15, 0.2) is 0 Å². The SMILES string of the molecule is COCC(O)CN(C)C(=O)Cc1ccc(-n2cccn2)cc1. The van der Waals surface area contributed by atoms with Gasteiger partial charge in [0.25, 0.3) is 0 Å². The molecule has 1 atom stereocenters. The van der Waals surface area contributed by atoms with Crippen molar-refractivity contribution in [3.63, 3.8) is 0 Å². The Hall–Kier alpha value is -2.18. The van der Waals surface area contributed by atoms with E-state index in [-0.39, 0.29) is 19.1 Å². The average molecular weight is 303 g/mol. The molecule has 0 bridgehead atoms. The highest BCUT2D eigenvalue weighted by atomic mass is 16.5. The summed E-state index contributed by atoms with van der Waals surface area (Å²) in [5, 5.41) is 13.8. The van der Waals surface area contributed by atoms with Gasteiger partial charge in [-0.3, -0.25) is 4.79 Å². The molecule has 6 heteroatoms. The number of hydrogen-bond acceptors (Lipinski definition) is 4. The van der Waals surface area contributed by atoms with Crippen LogP contribution in [0.2, 0.25) is 0 Å². The van der Waals surface area contributed by atoms with Crippen LogP contribution >= 0.6 is 0 Å². The maximum Gasteiger partial charge on any atom is 0.226 e. The number of hydrogen-bond donors (Lipinski definition) is 1. The summed E-state index contributed by atoms with van der Waals surface area (Å²) in [7, 11) is 3.20. The van der Waals surface area contributed by atoms with Crippen LogP contribution in [0.4, 0.5) is 0 Å². The monoisotopic (exact) mass is 303 g/mol. The Morgan fingerprint density at radius 3 is 2.73 bits per heavy atom. The number of likely N-dealkylation sites (N-methyl/N-ethyl adjacent to an activating group) is 1. The van der Waals surface area contributed by atoms with Crippen molar-refractivity contribution in [1.82, 2.24) is 14.7 Å². The third kappa shape index (κ3) is 4.41. The fourth-order valence-electron chi connectivity index (χ4n) is 2.16. The second-order valence-corrected chi connectivity index (χ2v) is 5.18. The zero-order chi connectivity index (χ0) is 15.9. The predicted molar refractivity (Wildman–Crippen MR) is 82.8 cm³/mol. The Morgan fingerprint density at radius 2 is 2.14 bits per heavy atom. The second-order valence-electron chi connectivity index (χ2n) is 5.18. The molecule has 1 unspecified atom stereocenters. The van der Waals surface area contributed by atoms with Crippen LogP contribution < -0.4 is 0 Å². The fraction of sp³-hybridized carbons (Fsp3) is 0.375. The molecule has 0 fully saturated rings. The zero-order valence-corrected chi connectivity index (χ0v) is 12.8. The highest BCUT2D eigenvalue weighted by Gasteiger charge is 2.14. The summed E-state index contributed by atoms with van der Waals surface area (Å²) in [4.78, 5) is 13.6. The van der Waals surface area contributed by atoms with Gasteiger partial charge >= 0.3 is 0 Å². The number of ether oxygens (including phenoxy) is 1. The number of methoxy groups -OCH3 is 1. The average Bonchev–Trinajstić information content (AvgIpc) is 3.02. The molecule has 2 aromatic rings. The van der Waals surface area contributed by atoms with Crippen LogP contribution in [-0.2, 0) is 16.0 Å². The zero-order valence-electron chi connectivity index (χ0n) is 12.8. The minimum absolute atomic E-state index is 0.0398. The molecule has 0 spiro atoms. The van der Waals surface area contributed by atoms with Crippen LogP contribution in [0.1, 0.15) is 5.56 Å². The Kier molecular flexibility index (Phi) is 5.68. The van der Waals surface area contributed by atoms with Crippen molar-refractivity contribution in [2.75, 3.05) is 27.3 Å². The minimum atomic E-state index is -0.666. The van der Waals surface area contributed by atoms with Gasteiger partial charge in [0, 0.05) is 33.1 Å². The summed E-state index contributed by atoms with van der Waals surface area (Å²) in [6.45, 7) is 0.480. The van der Waals surface area contributed by atoms with Crippen molar-refractivity contribution in [3.8, 4) is 5.69 Å². The number of aliphatic hydroxyl groups excluding tert-OH is 1. The van der Waals surface area contributed by atoms with Crippen LogP contribution in [0.3, 0.4) is 0 Å².